The fraction of sp³-hybridized carbons (Fsp3) is 0.714. The highest BCUT2D eigenvalue weighted by Gasteiger charge is 2.30. The van der Waals surface area contributed by atoms with Crippen molar-refractivity contribution in [2.45, 2.75) is 37.9 Å². The van der Waals surface area contributed by atoms with Crippen LogP contribution in [0.3, 0.4) is 0 Å². The van der Waals surface area contributed by atoms with E-state index in [1.54, 1.807) is 0 Å². The second-order valence-electron chi connectivity index (χ2n) is 5.73. The molecule has 0 aliphatic carbocycles. The molecule has 2 rings (SSSR count). The van der Waals surface area contributed by atoms with E-state index in [1.165, 1.54) is 22.2 Å². The average molecular weight is 346 g/mol. The van der Waals surface area contributed by atoms with E-state index >= 15 is 0 Å². The summed E-state index contributed by atoms with van der Waals surface area (Å²) in [6.45, 7) is 4.40. The van der Waals surface area contributed by atoms with E-state index in [2.05, 4.69) is 58.2 Å². The molecule has 19 heavy (non-hydrogen) atoms. The van der Waals surface area contributed by atoms with Gasteiger partial charge >= 0.3 is 0 Å². The molecule has 1 aromatic rings. The summed E-state index contributed by atoms with van der Waals surface area (Å²) >= 11 is 5.36. The SMILES string of the molecule is CC(N)C(c1cc(Br)cs1)N1CCCC(N(C)C)C1. The predicted octanol–water partition coefficient (Wildman–Crippen LogP) is 2.92. The maximum atomic E-state index is 6.27. The third kappa shape index (κ3) is 3.79. The van der Waals surface area contributed by atoms with Gasteiger partial charge in [0.2, 0.25) is 0 Å². The smallest absolute Gasteiger partial charge is 0.0591 e. The Balaban J connectivity index is 2.15. The molecule has 0 amide bonds. The number of hydrogen-bond donors (Lipinski definition) is 1. The molecule has 0 bridgehead atoms. The lowest BCUT2D eigenvalue weighted by atomic mass is 9.99. The normalized spacial score (nSPS) is 24.6. The first-order chi connectivity index (χ1) is 8.99. The van der Waals surface area contributed by atoms with Crippen molar-refractivity contribution >= 4 is 27.3 Å². The van der Waals surface area contributed by atoms with E-state index in [9.17, 15) is 0 Å². The number of nitrogens with two attached hydrogens (primary N) is 1. The molecule has 0 spiro atoms. The first-order valence-electron chi connectivity index (χ1n) is 6.89. The fourth-order valence-corrected chi connectivity index (χ4v) is 4.61. The number of hydrogen-bond acceptors (Lipinski definition) is 4. The van der Waals surface area contributed by atoms with Gasteiger partial charge in [0.05, 0.1) is 6.04 Å². The molecule has 1 saturated heterocycles. The minimum absolute atomic E-state index is 0.159. The van der Waals surface area contributed by atoms with Crippen molar-refractivity contribution in [3.05, 3.63) is 20.8 Å². The Morgan fingerprint density at radius 2 is 2.26 bits per heavy atom. The summed E-state index contributed by atoms with van der Waals surface area (Å²) in [5.41, 5.74) is 6.27. The molecular weight excluding hydrogens is 322 g/mol. The van der Waals surface area contributed by atoms with Crippen LogP contribution in [0.25, 0.3) is 0 Å². The highest BCUT2D eigenvalue weighted by molar-refractivity contribution is 9.10. The monoisotopic (exact) mass is 345 g/mol. The van der Waals surface area contributed by atoms with Crippen LogP contribution in [0.1, 0.15) is 30.7 Å². The molecule has 5 heteroatoms. The largest absolute Gasteiger partial charge is 0.326 e. The fourth-order valence-electron chi connectivity index (χ4n) is 2.91. The lowest BCUT2D eigenvalue weighted by Crippen LogP contribution is -2.49. The molecule has 0 aromatic carbocycles. The standard InChI is InChI=1S/C14H24BrN3S/c1-10(16)14(13-7-11(15)9-19-13)18-6-4-5-12(8-18)17(2)3/h7,9-10,12,14H,4-6,8,16H2,1-3H3. The lowest BCUT2D eigenvalue weighted by molar-refractivity contribution is 0.0879. The van der Waals surface area contributed by atoms with Crippen molar-refractivity contribution in [3.8, 4) is 0 Å². The third-order valence-electron chi connectivity index (χ3n) is 3.93. The van der Waals surface area contributed by atoms with Crippen molar-refractivity contribution < 1.29 is 0 Å². The van der Waals surface area contributed by atoms with E-state index < -0.39 is 0 Å². The van der Waals surface area contributed by atoms with Crippen LogP contribution < -0.4 is 5.73 Å². The van der Waals surface area contributed by atoms with Gasteiger partial charge in [-0.25, -0.2) is 0 Å². The molecule has 1 aromatic heterocycles. The van der Waals surface area contributed by atoms with E-state index in [4.69, 9.17) is 5.73 Å². The average Bonchev–Trinajstić information content (AvgIpc) is 2.75. The molecule has 0 saturated carbocycles. The summed E-state index contributed by atoms with van der Waals surface area (Å²) in [7, 11) is 4.35. The van der Waals surface area contributed by atoms with Crippen molar-refractivity contribution in [1.29, 1.82) is 0 Å². The van der Waals surface area contributed by atoms with Crippen LogP contribution in [0.4, 0.5) is 0 Å². The van der Waals surface area contributed by atoms with Crippen molar-refractivity contribution in [1.82, 2.24) is 9.80 Å². The van der Waals surface area contributed by atoms with Gasteiger partial charge < -0.3 is 10.6 Å². The van der Waals surface area contributed by atoms with Crippen LogP contribution in [0, 0.1) is 0 Å². The molecule has 3 atom stereocenters. The maximum absolute atomic E-state index is 6.27. The zero-order valence-electron chi connectivity index (χ0n) is 12.0. The first-order valence-corrected chi connectivity index (χ1v) is 8.56. The highest BCUT2D eigenvalue weighted by Crippen LogP contribution is 2.33. The van der Waals surface area contributed by atoms with Crippen LogP contribution in [0.5, 0.6) is 0 Å². The Morgan fingerprint density at radius 1 is 1.53 bits per heavy atom. The molecule has 108 valence electrons. The van der Waals surface area contributed by atoms with Gasteiger partial charge in [-0.1, -0.05) is 0 Å². The highest BCUT2D eigenvalue weighted by atomic mass is 79.9. The Hall–Kier alpha value is 0.0600. The van der Waals surface area contributed by atoms with Gasteiger partial charge in [0.25, 0.3) is 0 Å². The first kappa shape index (κ1) is 15.4. The lowest BCUT2D eigenvalue weighted by Gasteiger charge is -2.41. The summed E-state index contributed by atoms with van der Waals surface area (Å²) < 4.78 is 1.17. The number of likely N-dealkylation sites (tertiary alicyclic amines) is 1. The molecule has 2 heterocycles. The number of halogens is 1. The second kappa shape index (κ2) is 6.68. The molecule has 1 fully saturated rings. The zero-order chi connectivity index (χ0) is 14.0. The quantitative estimate of drug-likeness (QED) is 0.910. The topological polar surface area (TPSA) is 32.5 Å². The summed E-state index contributed by atoms with van der Waals surface area (Å²) in [6.07, 6.45) is 2.56. The van der Waals surface area contributed by atoms with Gasteiger partial charge in [-0.3, -0.25) is 4.90 Å². The number of rotatable bonds is 4. The van der Waals surface area contributed by atoms with Crippen LogP contribution in [-0.2, 0) is 0 Å². The number of thiophene rings is 1. The minimum Gasteiger partial charge on any atom is -0.326 e. The molecule has 1 aliphatic heterocycles. The van der Waals surface area contributed by atoms with Crippen molar-refractivity contribution in [3.63, 3.8) is 0 Å². The Bertz CT molecular complexity index is 405. The Labute approximate surface area is 128 Å². The van der Waals surface area contributed by atoms with Crippen LogP contribution in [0.2, 0.25) is 0 Å². The molecule has 3 unspecified atom stereocenters. The van der Waals surface area contributed by atoms with E-state index in [1.807, 2.05) is 11.3 Å². The Morgan fingerprint density at radius 3 is 2.79 bits per heavy atom. The molecule has 0 radical (unpaired) electrons. The molecule has 3 nitrogen and oxygen atoms in total. The maximum Gasteiger partial charge on any atom is 0.0591 e. The number of nitrogens with zero attached hydrogens (tertiary/aromatic N) is 2. The summed E-state index contributed by atoms with van der Waals surface area (Å²) in [5.74, 6) is 0. The molecule has 1 aliphatic rings. The van der Waals surface area contributed by atoms with Gasteiger partial charge in [0.15, 0.2) is 0 Å². The molecular formula is C14H24BrN3S. The van der Waals surface area contributed by atoms with E-state index in [0.717, 1.165) is 13.1 Å². The van der Waals surface area contributed by atoms with Gasteiger partial charge in [-0.05, 0) is 62.4 Å². The van der Waals surface area contributed by atoms with Crippen LogP contribution >= 0.6 is 27.3 Å². The van der Waals surface area contributed by atoms with Crippen molar-refractivity contribution in [2.75, 3.05) is 27.2 Å². The Kier molecular flexibility index (Phi) is 5.43. The van der Waals surface area contributed by atoms with E-state index in [0.29, 0.717) is 12.1 Å². The zero-order valence-corrected chi connectivity index (χ0v) is 14.4. The second-order valence-corrected chi connectivity index (χ2v) is 7.58. The summed E-state index contributed by atoms with van der Waals surface area (Å²) in [5, 5.41) is 2.15. The summed E-state index contributed by atoms with van der Waals surface area (Å²) in [4.78, 5) is 6.28. The van der Waals surface area contributed by atoms with Gasteiger partial charge in [-0.15, -0.1) is 11.3 Å². The van der Waals surface area contributed by atoms with E-state index in [-0.39, 0.29) is 6.04 Å². The number of piperidine rings is 1. The molecule has 2 N–H and O–H groups in total. The minimum atomic E-state index is 0.159. The number of likely N-dealkylation sites (N-methyl/N-ethyl adjacent to an activating group) is 1. The van der Waals surface area contributed by atoms with Gasteiger partial charge in [0.1, 0.15) is 0 Å². The van der Waals surface area contributed by atoms with Crippen LogP contribution in [-0.4, -0.2) is 49.1 Å². The summed E-state index contributed by atoms with van der Waals surface area (Å²) in [6, 6.07) is 3.38. The van der Waals surface area contributed by atoms with Crippen molar-refractivity contribution in [2.24, 2.45) is 5.73 Å². The van der Waals surface area contributed by atoms with Gasteiger partial charge in [-0.2, -0.15) is 0 Å². The van der Waals surface area contributed by atoms with Gasteiger partial charge in [0, 0.05) is 33.4 Å². The predicted molar refractivity (Wildman–Crippen MR) is 86.7 cm³/mol. The third-order valence-corrected chi connectivity index (χ3v) is 5.69. The van der Waals surface area contributed by atoms with Crippen LogP contribution in [0.15, 0.2) is 15.9 Å².